The average Bonchev–Trinajstić information content (AvgIpc) is 3.27. The maximum atomic E-state index is 13.8. The summed E-state index contributed by atoms with van der Waals surface area (Å²) < 4.78 is 22.8. The van der Waals surface area contributed by atoms with Gasteiger partial charge in [-0.15, -0.1) is 0 Å². The van der Waals surface area contributed by atoms with Crippen LogP contribution in [0.3, 0.4) is 0 Å². The van der Waals surface area contributed by atoms with Crippen LogP contribution in [0.2, 0.25) is 0 Å². The van der Waals surface area contributed by atoms with Crippen molar-refractivity contribution in [2.24, 2.45) is 11.3 Å². The normalized spacial score (nSPS) is 41.0. The first-order valence-corrected chi connectivity index (χ1v) is 10.7. The van der Waals surface area contributed by atoms with Gasteiger partial charge in [-0.2, -0.15) is 0 Å². The minimum atomic E-state index is -1.25. The number of ether oxygens (including phenoxy) is 3. The molecular formula is C23H28O8. The number of hydrogen-bond acceptors (Lipinski definition) is 8. The second-order valence-corrected chi connectivity index (χ2v) is 9.64. The van der Waals surface area contributed by atoms with Crippen molar-refractivity contribution in [2.45, 2.75) is 70.1 Å². The second kappa shape index (κ2) is 6.75. The summed E-state index contributed by atoms with van der Waals surface area (Å²) in [6, 6.07) is 0. The van der Waals surface area contributed by atoms with Crippen molar-refractivity contribution in [2.75, 3.05) is 13.7 Å². The largest absolute Gasteiger partial charge is 0.460 e. The molecule has 0 aromatic carbocycles. The SMILES string of the molecule is COC[C@H]1OC(O)c2coc3c2[C@@]1(C)C1=C(C3=O)[C@@H]2CCC(O)[C@@]2(C)C[C@H]1OC(C)=O. The van der Waals surface area contributed by atoms with Gasteiger partial charge in [-0.05, 0) is 37.7 Å². The van der Waals surface area contributed by atoms with Gasteiger partial charge in [0.2, 0.25) is 5.78 Å². The molecule has 0 spiro atoms. The summed E-state index contributed by atoms with van der Waals surface area (Å²) in [7, 11) is 1.54. The van der Waals surface area contributed by atoms with E-state index < -0.39 is 41.4 Å². The molecule has 8 nitrogen and oxygen atoms in total. The molecule has 2 heterocycles. The molecule has 8 heteroatoms. The summed E-state index contributed by atoms with van der Waals surface area (Å²) in [4.78, 5) is 25.8. The van der Waals surface area contributed by atoms with Crippen molar-refractivity contribution >= 4 is 11.8 Å². The third-order valence-corrected chi connectivity index (χ3v) is 8.05. The van der Waals surface area contributed by atoms with Gasteiger partial charge >= 0.3 is 5.97 Å². The minimum absolute atomic E-state index is 0.167. The predicted molar refractivity (Wildman–Crippen MR) is 106 cm³/mol. The van der Waals surface area contributed by atoms with Gasteiger partial charge in [-0.3, -0.25) is 9.59 Å². The van der Waals surface area contributed by atoms with Crippen molar-refractivity contribution in [3.8, 4) is 0 Å². The van der Waals surface area contributed by atoms with E-state index >= 15 is 0 Å². The van der Waals surface area contributed by atoms with Crippen LogP contribution >= 0.6 is 0 Å². The number of Topliss-reactive ketones (excluding diaryl/α,β-unsaturated/α-hetero) is 1. The van der Waals surface area contributed by atoms with Crippen LogP contribution in [-0.2, 0) is 24.4 Å². The Kier molecular flexibility index (Phi) is 4.54. The number of rotatable bonds is 3. The fraction of sp³-hybridized carbons (Fsp3) is 0.652. The minimum Gasteiger partial charge on any atom is -0.460 e. The highest BCUT2D eigenvalue weighted by Crippen LogP contribution is 2.62. The van der Waals surface area contributed by atoms with E-state index in [9.17, 15) is 19.8 Å². The van der Waals surface area contributed by atoms with Crippen LogP contribution < -0.4 is 0 Å². The summed E-state index contributed by atoms with van der Waals surface area (Å²) in [6.07, 6.45) is -0.161. The highest BCUT2D eigenvalue weighted by atomic mass is 16.6. The van der Waals surface area contributed by atoms with Gasteiger partial charge in [0.15, 0.2) is 12.1 Å². The first-order valence-electron chi connectivity index (χ1n) is 10.7. The van der Waals surface area contributed by atoms with Crippen LogP contribution in [0.15, 0.2) is 21.8 Å². The Bertz CT molecular complexity index is 992. The number of carbonyl (C=O) groups is 2. The topological polar surface area (TPSA) is 115 Å². The molecular weight excluding hydrogens is 404 g/mol. The molecule has 0 radical (unpaired) electrons. The maximum absolute atomic E-state index is 13.8. The molecule has 0 saturated heterocycles. The molecule has 3 aliphatic carbocycles. The zero-order chi connectivity index (χ0) is 22.3. The van der Waals surface area contributed by atoms with Crippen molar-refractivity contribution < 1.29 is 38.4 Å². The highest BCUT2D eigenvalue weighted by Gasteiger charge is 2.63. The number of furan rings is 1. The quantitative estimate of drug-likeness (QED) is 0.699. The van der Waals surface area contributed by atoms with E-state index in [4.69, 9.17) is 18.6 Å². The van der Waals surface area contributed by atoms with Gasteiger partial charge in [0.05, 0.1) is 36.1 Å². The molecule has 1 aromatic heterocycles. The van der Waals surface area contributed by atoms with E-state index in [1.807, 2.05) is 13.8 Å². The molecule has 1 saturated carbocycles. The van der Waals surface area contributed by atoms with Crippen LogP contribution in [0, 0.1) is 11.3 Å². The number of carbonyl (C=O) groups excluding carboxylic acids is 2. The third kappa shape index (κ3) is 2.56. The summed E-state index contributed by atoms with van der Waals surface area (Å²) in [6.45, 7) is 5.41. The van der Waals surface area contributed by atoms with E-state index in [-0.39, 0.29) is 24.1 Å². The highest BCUT2D eigenvalue weighted by molar-refractivity contribution is 6.11. The second-order valence-electron chi connectivity index (χ2n) is 9.64. The summed E-state index contributed by atoms with van der Waals surface area (Å²) in [5, 5.41) is 21.4. The van der Waals surface area contributed by atoms with E-state index in [0.717, 1.165) is 0 Å². The van der Waals surface area contributed by atoms with Crippen molar-refractivity contribution in [1.82, 2.24) is 0 Å². The summed E-state index contributed by atoms with van der Waals surface area (Å²) in [5.41, 5.74) is 0.735. The Morgan fingerprint density at radius 3 is 2.71 bits per heavy atom. The fourth-order valence-corrected chi connectivity index (χ4v) is 6.60. The Balaban J connectivity index is 1.80. The summed E-state index contributed by atoms with van der Waals surface area (Å²) >= 11 is 0. The van der Waals surface area contributed by atoms with Crippen molar-refractivity contribution in [3.05, 3.63) is 34.3 Å². The first kappa shape index (κ1) is 20.9. The van der Waals surface area contributed by atoms with Gasteiger partial charge in [0.25, 0.3) is 0 Å². The lowest BCUT2D eigenvalue weighted by atomic mass is 9.54. The number of fused-ring (bicyclic) bond motifs is 3. The van der Waals surface area contributed by atoms with E-state index in [1.54, 1.807) is 7.11 Å². The number of aliphatic hydroxyl groups excluding tert-OH is 2. The molecule has 0 bridgehead atoms. The van der Waals surface area contributed by atoms with E-state index in [2.05, 4.69) is 0 Å². The number of methoxy groups -OCH3 is 1. The molecule has 31 heavy (non-hydrogen) atoms. The van der Waals surface area contributed by atoms with Crippen molar-refractivity contribution in [3.63, 3.8) is 0 Å². The number of ketones is 1. The zero-order valence-electron chi connectivity index (χ0n) is 18.1. The smallest absolute Gasteiger partial charge is 0.303 e. The van der Waals surface area contributed by atoms with Crippen LogP contribution in [-0.4, -0.2) is 54.0 Å². The monoisotopic (exact) mass is 432 g/mol. The predicted octanol–water partition coefficient (Wildman–Crippen LogP) is 2.18. The number of esters is 1. The lowest BCUT2D eigenvalue weighted by Gasteiger charge is -2.53. The van der Waals surface area contributed by atoms with Gasteiger partial charge in [0, 0.05) is 30.6 Å². The molecule has 2 N–H and O–H groups in total. The molecule has 1 fully saturated rings. The van der Waals surface area contributed by atoms with Gasteiger partial charge in [0.1, 0.15) is 6.10 Å². The molecule has 2 unspecified atom stereocenters. The zero-order valence-corrected chi connectivity index (χ0v) is 18.1. The number of aliphatic hydroxyl groups is 2. The third-order valence-electron chi connectivity index (χ3n) is 8.05. The molecule has 168 valence electrons. The molecule has 4 aliphatic rings. The fourth-order valence-electron chi connectivity index (χ4n) is 6.60. The van der Waals surface area contributed by atoms with Gasteiger partial charge in [-0.1, -0.05) is 6.92 Å². The summed E-state index contributed by atoms with van der Waals surface area (Å²) in [5.74, 6) is -0.723. The van der Waals surface area contributed by atoms with Gasteiger partial charge < -0.3 is 28.8 Å². The lowest BCUT2D eigenvalue weighted by molar-refractivity contribution is -0.185. The van der Waals surface area contributed by atoms with Crippen LogP contribution in [0.25, 0.3) is 0 Å². The van der Waals surface area contributed by atoms with E-state index in [0.29, 0.717) is 41.5 Å². The Hall–Kier alpha value is -2.00. The molecule has 7 atom stereocenters. The lowest BCUT2D eigenvalue weighted by Crippen LogP contribution is -2.57. The first-order chi connectivity index (χ1) is 14.6. The standard InChI is InChI=1S/C23H28O8/c1-10(24)30-13-7-22(2)12(5-6-14(22)25)16-18(13)23(3)15(9-28-4)31-21(27)11-8-29-20(17(11)23)19(16)26/h8,12-15,21,25,27H,5-7,9H2,1-4H3/t12-,13+,14?,15+,21?,22-,23-/m0/s1. The van der Waals surface area contributed by atoms with Gasteiger partial charge in [-0.25, -0.2) is 0 Å². The Morgan fingerprint density at radius 1 is 1.29 bits per heavy atom. The maximum Gasteiger partial charge on any atom is 0.303 e. The van der Waals surface area contributed by atoms with Crippen LogP contribution in [0.5, 0.6) is 0 Å². The number of hydrogen-bond donors (Lipinski definition) is 2. The number of allylic oxidation sites excluding steroid dienone is 1. The molecule has 1 aliphatic heterocycles. The molecule has 5 rings (SSSR count). The van der Waals surface area contributed by atoms with Crippen molar-refractivity contribution in [1.29, 1.82) is 0 Å². The Morgan fingerprint density at radius 2 is 2.03 bits per heavy atom. The Labute approximate surface area is 180 Å². The van der Waals surface area contributed by atoms with E-state index in [1.165, 1.54) is 13.2 Å². The van der Waals surface area contributed by atoms with Crippen LogP contribution in [0.1, 0.15) is 68.0 Å². The molecule has 1 aromatic rings. The average molecular weight is 432 g/mol. The van der Waals surface area contributed by atoms with Crippen LogP contribution in [0.4, 0.5) is 0 Å². The molecule has 0 amide bonds.